The summed E-state index contributed by atoms with van der Waals surface area (Å²) in [7, 11) is 1.65. The number of nitrogens with zero attached hydrogens (tertiary/aromatic N) is 3. The van der Waals surface area contributed by atoms with Crippen LogP contribution >= 0.6 is 0 Å². The van der Waals surface area contributed by atoms with Gasteiger partial charge in [0.05, 0.1) is 13.2 Å². The van der Waals surface area contributed by atoms with Gasteiger partial charge in [-0.05, 0) is 35.4 Å². The lowest BCUT2D eigenvalue weighted by Gasteiger charge is -2.10. The van der Waals surface area contributed by atoms with Gasteiger partial charge in [0, 0.05) is 36.9 Å². The van der Waals surface area contributed by atoms with E-state index in [1.165, 1.54) is 10.9 Å². The highest BCUT2D eigenvalue weighted by atomic mass is 16.3. The monoisotopic (exact) mass is 365 g/mol. The number of benzene rings is 1. The van der Waals surface area contributed by atoms with Gasteiger partial charge in [-0.1, -0.05) is 12.1 Å². The quantitative estimate of drug-likeness (QED) is 0.611. The number of aromatic nitrogens is 3. The Balaban J connectivity index is 1.59. The van der Waals surface area contributed by atoms with Crippen molar-refractivity contribution in [1.29, 1.82) is 0 Å². The normalized spacial score (nSPS) is 10.4. The minimum atomic E-state index is -0.366. The molecule has 0 aliphatic carbocycles. The van der Waals surface area contributed by atoms with Crippen molar-refractivity contribution < 1.29 is 14.7 Å². The molecule has 0 atom stereocenters. The highest BCUT2D eigenvalue weighted by Crippen LogP contribution is 2.24. The Labute approximate surface area is 155 Å². The number of aliphatic hydroxyl groups is 1. The summed E-state index contributed by atoms with van der Waals surface area (Å²) in [6.07, 6.45) is 4.80. The summed E-state index contributed by atoms with van der Waals surface area (Å²) in [4.78, 5) is 28.0. The van der Waals surface area contributed by atoms with Gasteiger partial charge in [-0.2, -0.15) is 5.10 Å². The van der Waals surface area contributed by atoms with Crippen LogP contribution in [0.1, 0.15) is 16.1 Å². The predicted octanol–water partition coefficient (Wildman–Crippen LogP) is 1.34. The minimum Gasteiger partial charge on any atom is -0.392 e. The number of aryl methyl sites for hydroxylation is 1. The van der Waals surface area contributed by atoms with Crippen molar-refractivity contribution in [3.05, 3.63) is 66.2 Å². The smallest absolute Gasteiger partial charge is 0.269 e. The van der Waals surface area contributed by atoms with Crippen molar-refractivity contribution in [3.8, 4) is 11.1 Å². The summed E-state index contributed by atoms with van der Waals surface area (Å²) in [5.41, 5.74) is 3.51. The topological polar surface area (TPSA) is 109 Å². The highest BCUT2D eigenvalue weighted by molar-refractivity contribution is 5.98. The number of hydrogen-bond donors (Lipinski definition) is 3. The molecule has 0 aliphatic heterocycles. The van der Waals surface area contributed by atoms with Crippen LogP contribution in [-0.4, -0.2) is 38.2 Å². The van der Waals surface area contributed by atoms with Crippen LogP contribution in [0.4, 0.5) is 5.69 Å². The molecule has 0 spiro atoms. The SMILES string of the molecule is Cn1nccc1C(=O)NCC(=O)Nc1ccc(-c2ccncc2CO)cc1. The molecule has 3 aromatic rings. The van der Waals surface area contributed by atoms with Gasteiger partial charge < -0.3 is 15.7 Å². The van der Waals surface area contributed by atoms with Crippen LogP contribution in [0.2, 0.25) is 0 Å². The Morgan fingerprint density at radius 3 is 2.56 bits per heavy atom. The van der Waals surface area contributed by atoms with Gasteiger partial charge in [-0.25, -0.2) is 0 Å². The zero-order valence-electron chi connectivity index (χ0n) is 14.7. The molecule has 0 saturated heterocycles. The van der Waals surface area contributed by atoms with Crippen molar-refractivity contribution >= 4 is 17.5 Å². The van der Waals surface area contributed by atoms with Gasteiger partial charge in [0.2, 0.25) is 5.91 Å². The van der Waals surface area contributed by atoms with E-state index in [9.17, 15) is 14.7 Å². The molecule has 8 heteroatoms. The number of amides is 2. The van der Waals surface area contributed by atoms with Crippen molar-refractivity contribution in [2.45, 2.75) is 6.61 Å². The number of aliphatic hydroxyl groups excluding tert-OH is 1. The lowest BCUT2D eigenvalue weighted by Crippen LogP contribution is -2.33. The largest absolute Gasteiger partial charge is 0.392 e. The lowest BCUT2D eigenvalue weighted by molar-refractivity contribution is -0.115. The van der Waals surface area contributed by atoms with E-state index in [2.05, 4.69) is 20.7 Å². The molecule has 0 bridgehead atoms. The van der Waals surface area contributed by atoms with Crippen LogP contribution in [0.3, 0.4) is 0 Å². The average molecular weight is 365 g/mol. The summed E-state index contributed by atoms with van der Waals surface area (Å²) in [5.74, 6) is -0.701. The van der Waals surface area contributed by atoms with E-state index in [1.54, 1.807) is 37.6 Å². The average Bonchev–Trinajstić information content (AvgIpc) is 3.13. The number of pyridine rings is 1. The summed E-state index contributed by atoms with van der Waals surface area (Å²) in [6, 6.07) is 10.6. The number of carbonyl (C=O) groups is 2. The first-order chi connectivity index (χ1) is 13.1. The zero-order chi connectivity index (χ0) is 19.2. The molecule has 0 aliphatic rings. The number of nitrogens with one attached hydrogen (secondary N) is 2. The van der Waals surface area contributed by atoms with E-state index >= 15 is 0 Å². The van der Waals surface area contributed by atoms with Crippen LogP contribution in [0.15, 0.2) is 55.0 Å². The Morgan fingerprint density at radius 1 is 1.11 bits per heavy atom. The molecule has 1 aromatic carbocycles. The molecule has 0 saturated carbocycles. The maximum absolute atomic E-state index is 12.0. The molecule has 0 fully saturated rings. The molecule has 2 heterocycles. The number of rotatable bonds is 6. The van der Waals surface area contributed by atoms with Crippen LogP contribution < -0.4 is 10.6 Å². The second-order valence-electron chi connectivity index (χ2n) is 5.84. The van der Waals surface area contributed by atoms with E-state index in [0.717, 1.165) is 16.7 Å². The summed E-state index contributed by atoms with van der Waals surface area (Å²) in [6.45, 7) is -0.247. The third-order valence-corrected chi connectivity index (χ3v) is 4.02. The third-order valence-electron chi connectivity index (χ3n) is 4.02. The van der Waals surface area contributed by atoms with Crippen LogP contribution in [0, 0.1) is 0 Å². The van der Waals surface area contributed by atoms with Gasteiger partial charge in [0.1, 0.15) is 5.69 Å². The molecule has 2 aromatic heterocycles. The molecule has 3 N–H and O–H groups in total. The summed E-state index contributed by atoms with van der Waals surface area (Å²) >= 11 is 0. The minimum absolute atomic E-state index is 0.0992. The van der Waals surface area contributed by atoms with Crippen molar-refractivity contribution in [2.75, 3.05) is 11.9 Å². The van der Waals surface area contributed by atoms with E-state index in [0.29, 0.717) is 11.4 Å². The fraction of sp³-hybridized carbons (Fsp3) is 0.158. The highest BCUT2D eigenvalue weighted by Gasteiger charge is 2.11. The fourth-order valence-electron chi connectivity index (χ4n) is 2.62. The Morgan fingerprint density at radius 2 is 1.89 bits per heavy atom. The van der Waals surface area contributed by atoms with Crippen LogP contribution in [-0.2, 0) is 18.4 Å². The Kier molecular flexibility index (Phi) is 5.58. The van der Waals surface area contributed by atoms with Gasteiger partial charge in [-0.15, -0.1) is 0 Å². The van der Waals surface area contributed by atoms with Gasteiger partial charge in [-0.3, -0.25) is 19.3 Å². The Hall–Kier alpha value is -3.52. The molecular formula is C19H19N5O3. The van der Waals surface area contributed by atoms with Crippen molar-refractivity contribution in [1.82, 2.24) is 20.1 Å². The third kappa shape index (κ3) is 4.36. The van der Waals surface area contributed by atoms with Crippen LogP contribution in [0.5, 0.6) is 0 Å². The van der Waals surface area contributed by atoms with Crippen molar-refractivity contribution in [3.63, 3.8) is 0 Å². The number of hydrogen-bond acceptors (Lipinski definition) is 5. The first-order valence-corrected chi connectivity index (χ1v) is 8.28. The number of carbonyl (C=O) groups excluding carboxylic acids is 2. The molecule has 138 valence electrons. The molecule has 2 amide bonds. The van der Waals surface area contributed by atoms with Gasteiger partial charge in [0.15, 0.2) is 0 Å². The Bertz CT molecular complexity index is 950. The fourth-order valence-corrected chi connectivity index (χ4v) is 2.62. The standard InChI is InChI=1S/C19H19N5O3/c1-24-17(7-9-22-24)19(27)21-11-18(26)23-15-4-2-13(3-5-15)16-6-8-20-10-14(16)12-25/h2-10,25H,11-12H2,1H3,(H,21,27)(H,23,26). The summed E-state index contributed by atoms with van der Waals surface area (Å²) < 4.78 is 1.44. The van der Waals surface area contributed by atoms with E-state index in [1.807, 2.05) is 18.2 Å². The van der Waals surface area contributed by atoms with Gasteiger partial charge in [0.25, 0.3) is 5.91 Å². The second-order valence-corrected chi connectivity index (χ2v) is 5.84. The number of anilines is 1. The van der Waals surface area contributed by atoms with Crippen LogP contribution in [0.25, 0.3) is 11.1 Å². The lowest BCUT2D eigenvalue weighted by atomic mass is 10.0. The summed E-state index contributed by atoms with van der Waals surface area (Å²) in [5, 5.41) is 18.6. The molecule has 27 heavy (non-hydrogen) atoms. The van der Waals surface area contributed by atoms with Crippen molar-refractivity contribution in [2.24, 2.45) is 7.05 Å². The molecule has 3 rings (SSSR count). The van der Waals surface area contributed by atoms with E-state index in [4.69, 9.17) is 0 Å². The van der Waals surface area contributed by atoms with Gasteiger partial charge >= 0.3 is 0 Å². The maximum atomic E-state index is 12.0. The molecule has 0 unspecified atom stereocenters. The predicted molar refractivity (Wildman–Crippen MR) is 99.8 cm³/mol. The van der Waals surface area contributed by atoms with E-state index in [-0.39, 0.29) is 25.0 Å². The first-order valence-electron chi connectivity index (χ1n) is 8.28. The molecule has 8 nitrogen and oxygen atoms in total. The maximum Gasteiger partial charge on any atom is 0.269 e. The molecular weight excluding hydrogens is 346 g/mol. The van der Waals surface area contributed by atoms with E-state index < -0.39 is 0 Å². The molecule has 0 radical (unpaired) electrons. The second kappa shape index (κ2) is 8.24. The zero-order valence-corrected chi connectivity index (χ0v) is 14.7. The first kappa shape index (κ1) is 18.3.